The second kappa shape index (κ2) is 8.16. The molecule has 4 rings (SSSR count). The number of nitrogens with zero attached hydrogens (tertiary/aromatic N) is 5. The predicted octanol–water partition coefficient (Wildman–Crippen LogP) is 3.23. The normalized spacial score (nSPS) is 15.8. The smallest absolute Gasteiger partial charge is 0.233 e. The lowest BCUT2D eigenvalue weighted by Crippen LogP contribution is -2.44. The molecule has 1 amide bonds. The Morgan fingerprint density at radius 3 is 2.34 bits per heavy atom. The van der Waals surface area contributed by atoms with Gasteiger partial charge in [-0.05, 0) is 37.1 Å². The maximum atomic E-state index is 12.6. The summed E-state index contributed by atoms with van der Waals surface area (Å²) in [6, 6.07) is 6.32. The summed E-state index contributed by atoms with van der Waals surface area (Å²) in [4.78, 5) is 23.3. The van der Waals surface area contributed by atoms with E-state index in [9.17, 15) is 13.2 Å². The number of benzene rings is 1. The van der Waals surface area contributed by atoms with Crippen molar-refractivity contribution in [2.75, 3.05) is 19.3 Å². The van der Waals surface area contributed by atoms with E-state index >= 15 is 0 Å². The molecule has 1 aliphatic rings. The lowest BCUT2D eigenvalue weighted by Gasteiger charge is -2.35. The first kappa shape index (κ1) is 22.2. The van der Waals surface area contributed by atoms with E-state index in [2.05, 4.69) is 15.1 Å². The van der Waals surface area contributed by atoms with Gasteiger partial charge in [-0.2, -0.15) is 5.10 Å². The molecular weight excluding hydrogens is 430 g/mol. The third kappa shape index (κ3) is 4.45. The van der Waals surface area contributed by atoms with Gasteiger partial charge in [0, 0.05) is 24.8 Å². The Morgan fingerprint density at radius 1 is 1.09 bits per heavy atom. The first-order valence-electron chi connectivity index (χ1n) is 10.5. The van der Waals surface area contributed by atoms with E-state index in [1.165, 1.54) is 18.5 Å². The van der Waals surface area contributed by atoms with Crippen molar-refractivity contribution in [3.63, 3.8) is 0 Å². The molecule has 3 aromatic rings. The molecule has 0 aliphatic carbocycles. The van der Waals surface area contributed by atoms with Crippen LogP contribution < -0.4 is 4.74 Å². The molecule has 1 aliphatic heterocycles. The largest absolute Gasteiger partial charge is 0.438 e. The minimum Gasteiger partial charge on any atom is -0.438 e. The number of carbonyl (C=O) groups is 1. The highest BCUT2D eigenvalue weighted by atomic mass is 32.2. The monoisotopic (exact) mass is 457 g/mol. The molecule has 0 bridgehead atoms. The molecule has 0 unspecified atom stereocenters. The maximum absolute atomic E-state index is 12.6. The fraction of sp³-hybridized carbons (Fsp3) is 0.455. The molecule has 0 radical (unpaired) electrons. The molecule has 0 atom stereocenters. The Morgan fingerprint density at radius 2 is 1.75 bits per heavy atom. The Labute approximate surface area is 187 Å². The maximum Gasteiger partial charge on any atom is 0.233 e. The molecule has 0 saturated carbocycles. The van der Waals surface area contributed by atoms with E-state index in [1.54, 1.807) is 18.3 Å². The van der Waals surface area contributed by atoms with Crippen LogP contribution in [-0.4, -0.2) is 58.3 Å². The number of amides is 1. The molecule has 2 aromatic heterocycles. The highest BCUT2D eigenvalue weighted by molar-refractivity contribution is 7.90. The van der Waals surface area contributed by atoms with Crippen LogP contribution in [-0.2, 0) is 14.6 Å². The summed E-state index contributed by atoms with van der Waals surface area (Å²) in [6.45, 7) is 7.19. The summed E-state index contributed by atoms with van der Waals surface area (Å²) < 4.78 is 31.1. The van der Waals surface area contributed by atoms with Gasteiger partial charge in [0.1, 0.15) is 17.5 Å². The van der Waals surface area contributed by atoms with Gasteiger partial charge in [0.25, 0.3) is 0 Å². The molecular formula is C22H27N5O4S. The number of ether oxygens (including phenoxy) is 1. The lowest BCUT2D eigenvalue weighted by molar-refractivity contribution is -0.140. The molecule has 3 heterocycles. The van der Waals surface area contributed by atoms with Crippen molar-refractivity contribution in [2.24, 2.45) is 5.41 Å². The van der Waals surface area contributed by atoms with Gasteiger partial charge in [0.05, 0.1) is 17.1 Å². The fourth-order valence-electron chi connectivity index (χ4n) is 3.84. The molecule has 9 nitrogen and oxygen atoms in total. The van der Waals surface area contributed by atoms with Gasteiger partial charge >= 0.3 is 0 Å². The Balaban J connectivity index is 1.52. The van der Waals surface area contributed by atoms with Crippen LogP contribution in [0.25, 0.3) is 11.0 Å². The van der Waals surface area contributed by atoms with Crippen molar-refractivity contribution in [1.29, 1.82) is 0 Å². The van der Waals surface area contributed by atoms with E-state index in [0.717, 1.165) is 19.1 Å². The van der Waals surface area contributed by atoms with Gasteiger partial charge in [-0.25, -0.2) is 23.1 Å². The summed E-state index contributed by atoms with van der Waals surface area (Å²) in [5, 5.41) is 5.21. The second-order valence-electron chi connectivity index (χ2n) is 9.12. The van der Waals surface area contributed by atoms with Crippen molar-refractivity contribution in [2.45, 2.75) is 44.6 Å². The summed E-state index contributed by atoms with van der Waals surface area (Å²) in [5.41, 5.74) is 0.285. The van der Waals surface area contributed by atoms with E-state index < -0.39 is 9.84 Å². The van der Waals surface area contributed by atoms with Crippen molar-refractivity contribution in [3.05, 3.63) is 36.8 Å². The molecule has 10 heteroatoms. The van der Waals surface area contributed by atoms with Gasteiger partial charge in [0.2, 0.25) is 11.8 Å². The number of sulfone groups is 1. The second-order valence-corrected chi connectivity index (χ2v) is 11.1. The summed E-state index contributed by atoms with van der Waals surface area (Å²) in [5.74, 6) is 0.994. The number of piperidine rings is 1. The van der Waals surface area contributed by atoms with Crippen LogP contribution in [0, 0.1) is 5.41 Å². The van der Waals surface area contributed by atoms with Crippen molar-refractivity contribution >= 4 is 26.8 Å². The Bertz CT molecular complexity index is 1240. The molecule has 0 N–H and O–H groups in total. The van der Waals surface area contributed by atoms with Gasteiger partial charge in [-0.15, -0.1) is 0 Å². The van der Waals surface area contributed by atoms with E-state index in [-0.39, 0.29) is 22.3 Å². The molecule has 0 spiro atoms. The van der Waals surface area contributed by atoms with Gasteiger partial charge in [-0.1, -0.05) is 20.8 Å². The third-order valence-corrected chi connectivity index (χ3v) is 6.69. The average molecular weight is 458 g/mol. The Kier molecular flexibility index (Phi) is 5.66. The van der Waals surface area contributed by atoms with Crippen molar-refractivity contribution in [3.8, 4) is 11.6 Å². The molecule has 1 saturated heterocycles. The van der Waals surface area contributed by atoms with Gasteiger partial charge in [0.15, 0.2) is 15.5 Å². The SMILES string of the molecule is CC(C)(C)C(=O)N1CCC(n2ncc3c(Oc4ccc(S(C)(=O)=O)cc4)ncnc32)CC1. The number of aromatic nitrogens is 4. The standard InChI is InChI=1S/C22H27N5O4S/c1-22(2,3)21(28)26-11-9-15(10-12-26)27-19-18(13-25-27)20(24-14-23-19)31-16-5-7-17(8-6-16)32(4,29)30/h5-8,13-15H,9-12H2,1-4H3. The zero-order chi connectivity index (χ0) is 23.1. The minimum absolute atomic E-state index is 0.133. The highest BCUT2D eigenvalue weighted by Gasteiger charge is 2.31. The quantitative estimate of drug-likeness (QED) is 0.592. The van der Waals surface area contributed by atoms with E-state index in [4.69, 9.17) is 4.74 Å². The van der Waals surface area contributed by atoms with Crippen LogP contribution in [0.1, 0.15) is 39.7 Å². The fourth-order valence-corrected chi connectivity index (χ4v) is 4.47. The summed E-state index contributed by atoms with van der Waals surface area (Å²) >= 11 is 0. The number of likely N-dealkylation sites (tertiary alicyclic amines) is 1. The zero-order valence-corrected chi connectivity index (χ0v) is 19.5. The number of carbonyl (C=O) groups excluding carboxylic acids is 1. The predicted molar refractivity (Wildman–Crippen MR) is 119 cm³/mol. The third-order valence-electron chi connectivity index (χ3n) is 5.56. The first-order chi connectivity index (χ1) is 15.0. The summed E-state index contributed by atoms with van der Waals surface area (Å²) in [7, 11) is -3.27. The molecule has 32 heavy (non-hydrogen) atoms. The number of hydrogen-bond donors (Lipinski definition) is 0. The highest BCUT2D eigenvalue weighted by Crippen LogP contribution is 2.31. The van der Waals surface area contributed by atoms with Gasteiger partial charge < -0.3 is 9.64 Å². The van der Waals surface area contributed by atoms with Crippen molar-refractivity contribution in [1.82, 2.24) is 24.6 Å². The minimum atomic E-state index is -3.27. The van der Waals surface area contributed by atoms with Crippen LogP contribution in [0.3, 0.4) is 0 Å². The van der Waals surface area contributed by atoms with Crippen LogP contribution in [0.5, 0.6) is 11.6 Å². The molecule has 1 fully saturated rings. The number of fused-ring (bicyclic) bond motifs is 1. The van der Waals surface area contributed by atoms with E-state index in [1.807, 2.05) is 30.4 Å². The van der Waals surface area contributed by atoms with E-state index in [0.29, 0.717) is 35.8 Å². The number of hydrogen-bond acceptors (Lipinski definition) is 7. The molecule has 1 aromatic carbocycles. The number of rotatable bonds is 4. The zero-order valence-electron chi connectivity index (χ0n) is 18.6. The molecule has 170 valence electrons. The lowest BCUT2D eigenvalue weighted by atomic mass is 9.93. The first-order valence-corrected chi connectivity index (χ1v) is 12.4. The average Bonchev–Trinajstić information content (AvgIpc) is 3.18. The Hall–Kier alpha value is -3.01. The van der Waals surface area contributed by atoms with Crippen LogP contribution in [0.15, 0.2) is 41.7 Å². The summed E-state index contributed by atoms with van der Waals surface area (Å²) in [6.07, 6.45) is 5.87. The van der Waals surface area contributed by atoms with Crippen LogP contribution in [0.4, 0.5) is 0 Å². The van der Waals surface area contributed by atoms with Gasteiger partial charge in [-0.3, -0.25) is 4.79 Å². The topological polar surface area (TPSA) is 107 Å². The van der Waals surface area contributed by atoms with Crippen LogP contribution >= 0.6 is 0 Å². The van der Waals surface area contributed by atoms with Crippen molar-refractivity contribution < 1.29 is 17.9 Å². The van der Waals surface area contributed by atoms with Crippen LogP contribution in [0.2, 0.25) is 0 Å².